The van der Waals surface area contributed by atoms with Crippen molar-refractivity contribution in [2.24, 2.45) is 0 Å². The number of hydrogen-bond acceptors (Lipinski definition) is 2. The molecule has 94 valence electrons. The van der Waals surface area contributed by atoms with Gasteiger partial charge in [-0.3, -0.25) is 9.59 Å². The SMILES string of the molecule is O=C1c2ccc(I)cc2C(=O)N1c1cccc(Br)c1. The normalized spacial score (nSPS) is 13.9. The number of imide groups is 1. The van der Waals surface area contributed by atoms with Crippen molar-refractivity contribution in [3.63, 3.8) is 0 Å². The van der Waals surface area contributed by atoms with E-state index in [9.17, 15) is 9.59 Å². The summed E-state index contributed by atoms with van der Waals surface area (Å²) in [4.78, 5) is 25.9. The molecule has 0 fully saturated rings. The Bertz CT molecular complexity index is 714. The molecule has 0 spiro atoms. The van der Waals surface area contributed by atoms with Crippen molar-refractivity contribution in [1.82, 2.24) is 0 Å². The standard InChI is InChI=1S/C14H7BrINO2/c15-8-2-1-3-10(6-8)17-13(18)11-5-4-9(16)7-12(11)14(17)19/h1-7H. The van der Waals surface area contributed by atoms with E-state index in [1.807, 2.05) is 12.1 Å². The van der Waals surface area contributed by atoms with Crippen LogP contribution in [0.4, 0.5) is 5.69 Å². The Morgan fingerprint density at radius 3 is 2.42 bits per heavy atom. The van der Waals surface area contributed by atoms with Crippen molar-refractivity contribution < 1.29 is 9.59 Å². The van der Waals surface area contributed by atoms with Crippen LogP contribution in [0.5, 0.6) is 0 Å². The van der Waals surface area contributed by atoms with E-state index in [0.717, 1.165) is 8.04 Å². The summed E-state index contributed by atoms with van der Waals surface area (Å²) in [6.45, 7) is 0. The van der Waals surface area contributed by atoms with Gasteiger partial charge in [-0.1, -0.05) is 22.0 Å². The Hall–Kier alpha value is -1.21. The van der Waals surface area contributed by atoms with Gasteiger partial charge in [-0.05, 0) is 59.0 Å². The fourth-order valence-corrected chi connectivity index (χ4v) is 2.94. The molecule has 3 nitrogen and oxygen atoms in total. The minimum Gasteiger partial charge on any atom is -0.268 e. The molecule has 0 N–H and O–H groups in total. The first-order valence-corrected chi connectivity index (χ1v) is 7.39. The average molecular weight is 428 g/mol. The van der Waals surface area contributed by atoms with Crippen molar-refractivity contribution in [1.29, 1.82) is 0 Å². The third-order valence-corrected chi connectivity index (χ3v) is 4.08. The number of hydrogen-bond donors (Lipinski definition) is 0. The summed E-state index contributed by atoms with van der Waals surface area (Å²) >= 11 is 5.47. The molecule has 1 heterocycles. The van der Waals surface area contributed by atoms with E-state index < -0.39 is 0 Å². The molecular weight excluding hydrogens is 421 g/mol. The van der Waals surface area contributed by atoms with Crippen LogP contribution in [0.2, 0.25) is 0 Å². The van der Waals surface area contributed by atoms with Gasteiger partial charge in [-0.25, -0.2) is 4.90 Å². The van der Waals surface area contributed by atoms with Gasteiger partial charge in [0.05, 0.1) is 16.8 Å². The molecule has 5 heteroatoms. The van der Waals surface area contributed by atoms with Gasteiger partial charge in [0.2, 0.25) is 0 Å². The van der Waals surface area contributed by atoms with Gasteiger partial charge in [0.15, 0.2) is 0 Å². The Kier molecular flexibility index (Phi) is 3.18. The lowest BCUT2D eigenvalue weighted by molar-refractivity contribution is 0.0926. The minimum atomic E-state index is -0.269. The maximum absolute atomic E-state index is 12.4. The van der Waals surface area contributed by atoms with E-state index in [0.29, 0.717) is 16.8 Å². The van der Waals surface area contributed by atoms with Crippen LogP contribution in [0.25, 0.3) is 0 Å². The molecular formula is C14H7BrINO2. The fraction of sp³-hybridized carbons (Fsp3) is 0. The highest BCUT2D eigenvalue weighted by Gasteiger charge is 2.36. The zero-order valence-electron chi connectivity index (χ0n) is 9.56. The van der Waals surface area contributed by atoms with Crippen LogP contribution >= 0.6 is 38.5 Å². The first-order chi connectivity index (χ1) is 9.08. The first-order valence-electron chi connectivity index (χ1n) is 5.52. The summed E-state index contributed by atoms with van der Waals surface area (Å²) in [6, 6.07) is 12.4. The van der Waals surface area contributed by atoms with Gasteiger partial charge in [0.1, 0.15) is 0 Å². The number of benzene rings is 2. The molecule has 0 saturated carbocycles. The zero-order chi connectivity index (χ0) is 13.6. The lowest BCUT2D eigenvalue weighted by Gasteiger charge is -2.13. The van der Waals surface area contributed by atoms with Crippen molar-refractivity contribution in [3.8, 4) is 0 Å². The molecule has 1 aliphatic rings. The number of rotatable bonds is 1. The number of carbonyl (C=O) groups is 2. The first kappa shape index (κ1) is 12.8. The van der Waals surface area contributed by atoms with E-state index in [1.165, 1.54) is 4.90 Å². The fourth-order valence-electron chi connectivity index (χ4n) is 2.06. The summed E-state index contributed by atoms with van der Waals surface area (Å²) in [5, 5.41) is 0. The van der Waals surface area contributed by atoms with Crippen LogP contribution in [0.15, 0.2) is 46.9 Å². The quantitative estimate of drug-likeness (QED) is 0.512. The van der Waals surface area contributed by atoms with Crippen molar-refractivity contribution >= 4 is 56.0 Å². The topological polar surface area (TPSA) is 37.4 Å². The number of anilines is 1. The van der Waals surface area contributed by atoms with E-state index in [1.54, 1.807) is 30.3 Å². The largest absolute Gasteiger partial charge is 0.268 e. The van der Waals surface area contributed by atoms with E-state index >= 15 is 0 Å². The van der Waals surface area contributed by atoms with Crippen LogP contribution in [-0.4, -0.2) is 11.8 Å². The van der Waals surface area contributed by atoms with Crippen LogP contribution in [0.1, 0.15) is 20.7 Å². The minimum absolute atomic E-state index is 0.267. The Morgan fingerprint density at radius 2 is 1.68 bits per heavy atom. The maximum Gasteiger partial charge on any atom is 0.266 e. The average Bonchev–Trinajstić information content (AvgIpc) is 2.61. The summed E-state index contributed by atoms with van der Waals surface area (Å²) < 4.78 is 1.77. The predicted molar refractivity (Wildman–Crippen MR) is 84.4 cm³/mol. The highest BCUT2D eigenvalue weighted by Crippen LogP contribution is 2.30. The van der Waals surface area contributed by atoms with Gasteiger partial charge in [-0.2, -0.15) is 0 Å². The van der Waals surface area contributed by atoms with E-state index in [4.69, 9.17) is 0 Å². The Labute approximate surface area is 131 Å². The maximum atomic E-state index is 12.4. The monoisotopic (exact) mass is 427 g/mol. The molecule has 3 rings (SSSR count). The highest BCUT2D eigenvalue weighted by molar-refractivity contribution is 14.1. The Balaban J connectivity index is 2.13. The van der Waals surface area contributed by atoms with Crippen molar-refractivity contribution in [2.75, 3.05) is 4.90 Å². The summed E-state index contributed by atoms with van der Waals surface area (Å²) in [6.07, 6.45) is 0. The molecule has 0 unspecified atom stereocenters. The van der Waals surface area contributed by atoms with Crippen molar-refractivity contribution in [2.45, 2.75) is 0 Å². The molecule has 0 radical (unpaired) electrons. The second-order valence-electron chi connectivity index (χ2n) is 4.12. The molecule has 0 atom stereocenters. The summed E-state index contributed by atoms with van der Waals surface area (Å²) in [5.41, 5.74) is 1.51. The highest BCUT2D eigenvalue weighted by atomic mass is 127. The lowest BCUT2D eigenvalue weighted by atomic mass is 10.1. The second-order valence-corrected chi connectivity index (χ2v) is 6.28. The number of carbonyl (C=O) groups excluding carboxylic acids is 2. The molecule has 1 aliphatic heterocycles. The Morgan fingerprint density at radius 1 is 0.947 bits per heavy atom. The second kappa shape index (κ2) is 4.72. The molecule has 2 amide bonds. The van der Waals surface area contributed by atoms with Crippen LogP contribution < -0.4 is 4.90 Å². The van der Waals surface area contributed by atoms with Crippen LogP contribution in [-0.2, 0) is 0 Å². The summed E-state index contributed by atoms with van der Waals surface area (Å²) in [5.74, 6) is -0.536. The van der Waals surface area contributed by atoms with E-state index in [2.05, 4.69) is 38.5 Å². The molecule has 0 saturated heterocycles. The number of amides is 2. The lowest BCUT2D eigenvalue weighted by Crippen LogP contribution is -2.29. The van der Waals surface area contributed by atoms with Gasteiger partial charge >= 0.3 is 0 Å². The number of nitrogens with zero attached hydrogens (tertiary/aromatic N) is 1. The number of halogens is 2. The van der Waals surface area contributed by atoms with Gasteiger partial charge in [0.25, 0.3) is 11.8 Å². The zero-order valence-corrected chi connectivity index (χ0v) is 13.3. The van der Waals surface area contributed by atoms with Gasteiger partial charge < -0.3 is 0 Å². The van der Waals surface area contributed by atoms with Crippen molar-refractivity contribution in [3.05, 3.63) is 61.6 Å². The molecule has 2 aromatic carbocycles. The molecule has 2 aromatic rings. The van der Waals surface area contributed by atoms with E-state index in [-0.39, 0.29) is 11.8 Å². The van der Waals surface area contributed by atoms with Crippen LogP contribution in [0, 0.1) is 3.57 Å². The van der Waals surface area contributed by atoms with Crippen LogP contribution in [0.3, 0.4) is 0 Å². The third-order valence-electron chi connectivity index (χ3n) is 2.92. The smallest absolute Gasteiger partial charge is 0.266 e. The molecule has 0 aliphatic carbocycles. The molecule has 19 heavy (non-hydrogen) atoms. The van der Waals surface area contributed by atoms with Gasteiger partial charge in [0, 0.05) is 8.04 Å². The van der Waals surface area contributed by atoms with Gasteiger partial charge in [-0.15, -0.1) is 0 Å². The predicted octanol–water partition coefficient (Wildman–Crippen LogP) is 3.85. The molecule has 0 aromatic heterocycles. The molecule has 0 bridgehead atoms. The third kappa shape index (κ3) is 2.10. The number of fused-ring (bicyclic) bond motifs is 1. The summed E-state index contributed by atoms with van der Waals surface area (Å²) in [7, 11) is 0.